The molecule has 3 aromatic rings. The van der Waals surface area contributed by atoms with Crippen molar-refractivity contribution < 1.29 is 14.6 Å². The molecule has 0 amide bonds. The summed E-state index contributed by atoms with van der Waals surface area (Å²) in [7, 11) is 0. The maximum atomic E-state index is 11.8. The first-order valence-electron chi connectivity index (χ1n) is 8.59. The lowest BCUT2D eigenvalue weighted by Crippen LogP contribution is -2.19. The van der Waals surface area contributed by atoms with E-state index < -0.39 is 12.1 Å². The number of fused-ring (bicyclic) bond motifs is 1. The number of aliphatic carboxylic acids is 1. The molecular formula is C20H15Cl2N3O3. The predicted octanol–water partition coefficient (Wildman–Crippen LogP) is 4.74. The number of benzene rings is 2. The maximum Gasteiger partial charge on any atom is 0.349 e. The Balaban J connectivity index is 1.74. The summed E-state index contributed by atoms with van der Waals surface area (Å²) < 4.78 is 5.85. The lowest BCUT2D eigenvalue weighted by Gasteiger charge is -2.18. The molecule has 1 aliphatic carbocycles. The molecule has 0 saturated heterocycles. The Morgan fingerprint density at radius 3 is 2.71 bits per heavy atom. The molecule has 1 atom stereocenters. The Labute approximate surface area is 171 Å². The van der Waals surface area contributed by atoms with Gasteiger partial charge in [0.2, 0.25) is 6.10 Å². The first kappa shape index (κ1) is 18.5. The third-order valence-corrected chi connectivity index (χ3v) is 4.76. The zero-order chi connectivity index (χ0) is 19.7. The van der Waals surface area contributed by atoms with Crippen LogP contribution in [0.5, 0.6) is 5.75 Å². The van der Waals surface area contributed by atoms with Crippen molar-refractivity contribution >= 4 is 35.2 Å². The van der Waals surface area contributed by atoms with Crippen LogP contribution in [0.2, 0.25) is 10.0 Å². The van der Waals surface area contributed by atoms with E-state index in [2.05, 4.69) is 10.2 Å². The molecule has 0 spiro atoms. The van der Waals surface area contributed by atoms with Crippen molar-refractivity contribution in [2.75, 3.05) is 0 Å². The van der Waals surface area contributed by atoms with E-state index in [1.54, 1.807) is 42.5 Å². The molecule has 2 aromatic carbocycles. The van der Waals surface area contributed by atoms with Gasteiger partial charge in [0.05, 0.1) is 5.69 Å². The van der Waals surface area contributed by atoms with Gasteiger partial charge in [-0.15, -0.1) is 9.90 Å². The van der Waals surface area contributed by atoms with Gasteiger partial charge < -0.3 is 9.84 Å². The first-order chi connectivity index (χ1) is 13.5. The number of carbonyl (C=O) groups is 1. The van der Waals surface area contributed by atoms with Gasteiger partial charge in [0.25, 0.3) is 0 Å². The minimum Gasteiger partial charge on any atom is -0.478 e. The molecule has 8 heteroatoms. The van der Waals surface area contributed by atoms with Crippen LogP contribution in [-0.2, 0) is 11.2 Å². The van der Waals surface area contributed by atoms with E-state index in [1.165, 1.54) is 4.80 Å². The SMILES string of the molecule is O=C(O)C(Oc1ccc(Cl)cc1-n1nc2c(n1)CCC=C2)c1cccc(Cl)c1. The van der Waals surface area contributed by atoms with E-state index in [9.17, 15) is 9.90 Å². The van der Waals surface area contributed by atoms with Crippen molar-refractivity contribution in [3.63, 3.8) is 0 Å². The highest BCUT2D eigenvalue weighted by Crippen LogP contribution is 2.31. The third kappa shape index (κ3) is 3.74. The molecule has 1 aromatic heterocycles. The molecule has 4 rings (SSSR count). The Morgan fingerprint density at radius 1 is 1.14 bits per heavy atom. The summed E-state index contributed by atoms with van der Waals surface area (Å²) in [4.78, 5) is 13.3. The second-order valence-corrected chi connectivity index (χ2v) is 7.14. The zero-order valence-electron chi connectivity index (χ0n) is 14.5. The van der Waals surface area contributed by atoms with Crippen LogP contribution < -0.4 is 4.74 Å². The fourth-order valence-electron chi connectivity index (χ4n) is 2.98. The standard InChI is InChI=1S/C20H15Cl2N3O3/c21-13-5-3-4-12(10-13)19(20(26)27)28-18-9-8-14(22)11-17(18)25-23-15-6-1-2-7-16(15)24-25/h1,3-6,8-11,19H,2,7H2,(H,26,27). The molecule has 0 radical (unpaired) electrons. The van der Waals surface area contributed by atoms with Gasteiger partial charge in [0.15, 0.2) is 0 Å². The molecule has 1 unspecified atom stereocenters. The van der Waals surface area contributed by atoms with E-state index in [0.29, 0.717) is 27.0 Å². The van der Waals surface area contributed by atoms with Gasteiger partial charge in [-0.2, -0.15) is 5.10 Å². The van der Waals surface area contributed by atoms with Gasteiger partial charge in [-0.25, -0.2) is 4.79 Å². The van der Waals surface area contributed by atoms with Gasteiger partial charge in [0.1, 0.15) is 17.1 Å². The number of ether oxygens (including phenoxy) is 1. The van der Waals surface area contributed by atoms with Crippen LogP contribution in [0.4, 0.5) is 0 Å². The molecule has 142 valence electrons. The van der Waals surface area contributed by atoms with Crippen molar-refractivity contribution in [1.82, 2.24) is 15.0 Å². The number of halogens is 2. The number of nitrogens with zero attached hydrogens (tertiary/aromatic N) is 3. The molecule has 28 heavy (non-hydrogen) atoms. The van der Waals surface area contributed by atoms with Crippen molar-refractivity contribution in [2.45, 2.75) is 18.9 Å². The van der Waals surface area contributed by atoms with Crippen LogP contribution >= 0.6 is 23.2 Å². The minimum absolute atomic E-state index is 0.299. The summed E-state index contributed by atoms with van der Waals surface area (Å²) in [5, 5.41) is 19.6. The molecule has 0 bridgehead atoms. The molecule has 6 nitrogen and oxygen atoms in total. The number of allylic oxidation sites excluding steroid dienone is 1. The largest absolute Gasteiger partial charge is 0.478 e. The highest BCUT2D eigenvalue weighted by Gasteiger charge is 2.25. The fraction of sp³-hybridized carbons (Fsp3) is 0.150. The van der Waals surface area contributed by atoms with Crippen molar-refractivity contribution in [3.05, 3.63) is 75.5 Å². The number of carboxylic acid groups (broad SMARTS) is 1. The Morgan fingerprint density at radius 2 is 1.96 bits per heavy atom. The van der Waals surface area contributed by atoms with E-state index >= 15 is 0 Å². The van der Waals surface area contributed by atoms with E-state index in [0.717, 1.165) is 24.2 Å². The molecule has 0 aliphatic heterocycles. The smallest absolute Gasteiger partial charge is 0.349 e. The number of hydrogen-bond donors (Lipinski definition) is 1. The molecule has 0 fully saturated rings. The van der Waals surface area contributed by atoms with Crippen LogP contribution in [0.25, 0.3) is 11.8 Å². The second kappa shape index (κ2) is 7.66. The Kier molecular flexibility index (Phi) is 5.07. The topological polar surface area (TPSA) is 77.2 Å². The fourth-order valence-corrected chi connectivity index (χ4v) is 3.35. The second-order valence-electron chi connectivity index (χ2n) is 6.27. The summed E-state index contributed by atoms with van der Waals surface area (Å²) in [5.41, 5.74) is 2.54. The number of aryl methyl sites for hydroxylation is 1. The Hall–Kier alpha value is -2.83. The number of hydrogen-bond acceptors (Lipinski definition) is 4. The highest BCUT2D eigenvalue weighted by atomic mass is 35.5. The Bertz CT molecular complexity index is 1080. The average Bonchev–Trinajstić information content (AvgIpc) is 3.10. The summed E-state index contributed by atoms with van der Waals surface area (Å²) in [6.07, 6.45) is 4.41. The third-order valence-electron chi connectivity index (χ3n) is 4.29. The van der Waals surface area contributed by atoms with Gasteiger partial charge in [-0.3, -0.25) is 0 Å². The van der Waals surface area contributed by atoms with Gasteiger partial charge in [-0.05, 0) is 49.2 Å². The average molecular weight is 416 g/mol. The number of carboxylic acids is 1. The van der Waals surface area contributed by atoms with Crippen molar-refractivity contribution in [1.29, 1.82) is 0 Å². The number of rotatable bonds is 5. The minimum atomic E-state index is -1.25. The normalized spacial score (nSPS) is 13.8. The summed E-state index contributed by atoms with van der Waals surface area (Å²) in [5.74, 6) is -0.841. The zero-order valence-corrected chi connectivity index (χ0v) is 16.1. The first-order valence-corrected chi connectivity index (χ1v) is 9.34. The van der Waals surface area contributed by atoms with Gasteiger partial charge >= 0.3 is 5.97 Å². The van der Waals surface area contributed by atoms with Gasteiger partial charge in [-0.1, -0.05) is 41.4 Å². The van der Waals surface area contributed by atoms with Crippen LogP contribution in [-0.4, -0.2) is 26.1 Å². The van der Waals surface area contributed by atoms with Crippen molar-refractivity contribution in [2.24, 2.45) is 0 Å². The summed E-state index contributed by atoms with van der Waals surface area (Å²) in [6, 6.07) is 11.4. The molecular weight excluding hydrogens is 401 g/mol. The predicted molar refractivity (Wildman–Crippen MR) is 106 cm³/mol. The van der Waals surface area contributed by atoms with Crippen molar-refractivity contribution in [3.8, 4) is 11.4 Å². The van der Waals surface area contributed by atoms with Crippen LogP contribution in [0.3, 0.4) is 0 Å². The lowest BCUT2D eigenvalue weighted by atomic mass is 10.1. The molecule has 0 saturated carbocycles. The lowest BCUT2D eigenvalue weighted by molar-refractivity contribution is -0.145. The maximum absolute atomic E-state index is 11.8. The molecule has 1 aliphatic rings. The van der Waals surface area contributed by atoms with E-state index in [1.807, 2.05) is 12.2 Å². The van der Waals surface area contributed by atoms with Crippen LogP contribution in [0.1, 0.15) is 29.5 Å². The molecule has 1 heterocycles. The highest BCUT2D eigenvalue weighted by molar-refractivity contribution is 6.31. The quantitative estimate of drug-likeness (QED) is 0.650. The molecule has 1 N–H and O–H groups in total. The van der Waals surface area contributed by atoms with E-state index in [4.69, 9.17) is 27.9 Å². The van der Waals surface area contributed by atoms with Gasteiger partial charge in [0, 0.05) is 15.6 Å². The van der Waals surface area contributed by atoms with E-state index in [-0.39, 0.29) is 0 Å². The summed E-state index contributed by atoms with van der Waals surface area (Å²) in [6.45, 7) is 0. The summed E-state index contributed by atoms with van der Waals surface area (Å²) >= 11 is 12.2. The van der Waals surface area contributed by atoms with Crippen LogP contribution in [0, 0.1) is 0 Å². The monoisotopic (exact) mass is 415 g/mol. The van der Waals surface area contributed by atoms with Crippen LogP contribution in [0.15, 0.2) is 48.5 Å². The number of aromatic nitrogens is 3.